The largest absolute Gasteiger partial charge is 0.623 e. The van der Waals surface area contributed by atoms with E-state index in [1.54, 1.807) is 39.0 Å². The molecule has 1 rings (SSSR count). The van der Waals surface area contributed by atoms with Gasteiger partial charge in [-0.15, -0.1) is 0 Å². The number of hydroxylamine groups is 1. The minimum absolute atomic E-state index is 0.161. The Kier molecular flexibility index (Phi) is 8.58. The van der Waals surface area contributed by atoms with Gasteiger partial charge in [-0.1, -0.05) is 18.2 Å². The van der Waals surface area contributed by atoms with Crippen molar-refractivity contribution in [2.75, 3.05) is 26.4 Å². The zero-order valence-electron chi connectivity index (χ0n) is 16.1. The standard InChI is InChI=1S/C18H31N3O6/c1-17(2,3)21(27)9-13-4-6-14(7-5-13)16(26)19-8-15(25)20-18(10-22,11-23)12-24/h4-6,9,14-15,20,22-25H,7-8,10-12H2,1-3H3,(H,19,26)/b21-9-. The van der Waals surface area contributed by atoms with E-state index in [0.29, 0.717) is 6.42 Å². The molecule has 9 heteroatoms. The molecule has 0 fully saturated rings. The molecule has 0 saturated carbocycles. The van der Waals surface area contributed by atoms with E-state index >= 15 is 0 Å². The summed E-state index contributed by atoms with van der Waals surface area (Å²) in [6.45, 7) is 3.52. The zero-order chi connectivity index (χ0) is 20.7. The number of nitrogens with one attached hydrogen (secondary N) is 2. The molecule has 0 aromatic heterocycles. The molecule has 1 aliphatic rings. The predicted molar refractivity (Wildman–Crippen MR) is 101 cm³/mol. The lowest BCUT2D eigenvalue weighted by atomic mass is 9.96. The zero-order valence-corrected chi connectivity index (χ0v) is 16.1. The van der Waals surface area contributed by atoms with E-state index in [-0.39, 0.29) is 12.5 Å². The van der Waals surface area contributed by atoms with Crippen molar-refractivity contribution in [1.29, 1.82) is 0 Å². The van der Waals surface area contributed by atoms with Crippen LogP contribution in [0.3, 0.4) is 0 Å². The van der Waals surface area contributed by atoms with Crippen molar-refractivity contribution in [1.82, 2.24) is 10.6 Å². The van der Waals surface area contributed by atoms with Crippen LogP contribution in [0.4, 0.5) is 0 Å². The number of nitrogens with zero attached hydrogens (tertiary/aromatic N) is 1. The van der Waals surface area contributed by atoms with Crippen LogP contribution in [0.1, 0.15) is 27.2 Å². The van der Waals surface area contributed by atoms with Crippen molar-refractivity contribution >= 4 is 12.1 Å². The summed E-state index contributed by atoms with van der Waals surface area (Å²) in [7, 11) is 0. The molecule has 6 N–H and O–H groups in total. The van der Waals surface area contributed by atoms with Crippen LogP contribution in [-0.2, 0) is 4.79 Å². The summed E-state index contributed by atoms with van der Waals surface area (Å²) in [5.74, 6) is -0.734. The number of allylic oxidation sites excluding steroid dienone is 3. The number of hydrogen-bond acceptors (Lipinski definition) is 7. The fraction of sp³-hybridized carbons (Fsp3) is 0.667. The van der Waals surface area contributed by atoms with Gasteiger partial charge in [0.1, 0.15) is 6.23 Å². The lowest BCUT2D eigenvalue weighted by Crippen LogP contribution is -2.60. The minimum Gasteiger partial charge on any atom is -0.623 e. The molecule has 0 heterocycles. The fourth-order valence-electron chi connectivity index (χ4n) is 2.28. The van der Waals surface area contributed by atoms with E-state index in [4.69, 9.17) is 0 Å². The highest BCUT2D eigenvalue weighted by molar-refractivity contribution is 5.84. The SMILES string of the molecule is CC(C)(C)/[N+]([O-])=C/C1=CCC(C(=O)NCC(O)NC(CO)(CO)CO)C=C1. The number of hydrogen-bond donors (Lipinski definition) is 6. The first-order valence-electron chi connectivity index (χ1n) is 8.82. The van der Waals surface area contributed by atoms with Crippen molar-refractivity contribution in [2.24, 2.45) is 5.92 Å². The first kappa shape index (κ1) is 23.3. The molecule has 0 radical (unpaired) electrons. The van der Waals surface area contributed by atoms with Gasteiger partial charge >= 0.3 is 0 Å². The van der Waals surface area contributed by atoms with Crippen LogP contribution < -0.4 is 10.6 Å². The third-order valence-corrected chi connectivity index (χ3v) is 4.24. The number of carbonyl (C=O) groups is 1. The van der Waals surface area contributed by atoms with Crippen molar-refractivity contribution in [3.8, 4) is 0 Å². The highest BCUT2D eigenvalue weighted by Crippen LogP contribution is 2.16. The summed E-state index contributed by atoms with van der Waals surface area (Å²) >= 11 is 0. The molecule has 1 amide bonds. The second-order valence-electron chi connectivity index (χ2n) is 7.69. The molecule has 0 spiro atoms. The van der Waals surface area contributed by atoms with E-state index < -0.39 is 43.0 Å². The molecule has 0 aromatic carbocycles. The number of rotatable bonds is 9. The Morgan fingerprint density at radius 1 is 1.33 bits per heavy atom. The molecule has 1 aliphatic carbocycles. The number of aliphatic hydroxyl groups is 4. The van der Waals surface area contributed by atoms with Crippen molar-refractivity contribution in [3.05, 3.63) is 29.0 Å². The molecule has 2 unspecified atom stereocenters. The van der Waals surface area contributed by atoms with Crippen LogP contribution in [0.25, 0.3) is 0 Å². The first-order chi connectivity index (χ1) is 12.6. The summed E-state index contributed by atoms with van der Waals surface area (Å²) in [5, 5.41) is 54.6. The first-order valence-corrected chi connectivity index (χ1v) is 8.82. The summed E-state index contributed by atoms with van der Waals surface area (Å²) in [6.07, 6.45) is 5.84. The van der Waals surface area contributed by atoms with Crippen LogP contribution in [0.5, 0.6) is 0 Å². The van der Waals surface area contributed by atoms with E-state index in [0.717, 1.165) is 10.3 Å². The highest BCUT2D eigenvalue weighted by Gasteiger charge is 2.30. The Bertz CT molecular complexity index is 582. The molecule has 2 atom stereocenters. The molecule has 0 aromatic rings. The van der Waals surface area contributed by atoms with Crippen LogP contribution in [0.2, 0.25) is 0 Å². The quantitative estimate of drug-likeness (QED) is 0.0941. The summed E-state index contributed by atoms with van der Waals surface area (Å²) in [4.78, 5) is 12.2. The third kappa shape index (κ3) is 7.04. The van der Waals surface area contributed by atoms with E-state index in [1.165, 1.54) is 6.21 Å². The lowest BCUT2D eigenvalue weighted by Gasteiger charge is -2.31. The van der Waals surface area contributed by atoms with Crippen LogP contribution in [0.15, 0.2) is 23.8 Å². The van der Waals surface area contributed by atoms with E-state index in [2.05, 4.69) is 10.6 Å². The Morgan fingerprint density at radius 3 is 2.37 bits per heavy atom. The Hall–Kier alpha value is -1.78. The van der Waals surface area contributed by atoms with Gasteiger partial charge in [0.2, 0.25) is 5.91 Å². The van der Waals surface area contributed by atoms with Gasteiger partial charge in [0.15, 0.2) is 11.8 Å². The van der Waals surface area contributed by atoms with Gasteiger partial charge in [0, 0.05) is 26.3 Å². The Balaban J connectivity index is 2.53. The molecular weight excluding hydrogens is 354 g/mol. The van der Waals surface area contributed by atoms with Crippen LogP contribution in [0, 0.1) is 11.1 Å². The molecule has 0 bridgehead atoms. The summed E-state index contributed by atoms with van der Waals surface area (Å²) in [6, 6.07) is 0. The normalized spacial score (nSPS) is 19.6. The number of aliphatic hydroxyl groups excluding tert-OH is 4. The molecular formula is C18H31N3O6. The van der Waals surface area contributed by atoms with E-state index in [9.17, 15) is 30.4 Å². The van der Waals surface area contributed by atoms with Gasteiger partial charge in [-0.2, -0.15) is 0 Å². The molecule has 154 valence electrons. The average Bonchev–Trinajstić information content (AvgIpc) is 2.64. The van der Waals surface area contributed by atoms with Gasteiger partial charge < -0.3 is 31.0 Å². The molecule has 0 saturated heterocycles. The maximum absolute atomic E-state index is 12.2. The van der Waals surface area contributed by atoms with Crippen LogP contribution in [-0.4, -0.2) is 81.0 Å². The maximum atomic E-state index is 12.2. The smallest absolute Gasteiger partial charge is 0.227 e. The van der Waals surface area contributed by atoms with Gasteiger partial charge in [0.25, 0.3) is 0 Å². The van der Waals surface area contributed by atoms with Crippen LogP contribution >= 0.6 is 0 Å². The van der Waals surface area contributed by atoms with Crippen molar-refractivity contribution in [3.63, 3.8) is 0 Å². The number of amides is 1. The topological polar surface area (TPSA) is 148 Å². The summed E-state index contributed by atoms with van der Waals surface area (Å²) in [5.41, 5.74) is -1.25. The van der Waals surface area contributed by atoms with Gasteiger partial charge in [-0.05, 0) is 6.42 Å². The lowest BCUT2D eigenvalue weighted by molar-refractivity contribution is -0.530. The van der Waals surface area contributed by atoms with Crippen molar-refractivity contribution in [2.45, 2.75) is 44.5 Å². The molecule has 9 nitrogen and oxygen atoms in total. The molecule has 0 aliphatic heterocycles. The van der Waals surface area contributed by atoms with Gasteiger partial charge in [-0.25, -0.2) is 4.74 Å². The predicted octanol–water partition coefficient (Wildman–Crippen LogP) is -1.39. The monoisotopic (exact) mass is 385 g/mol. The number of carbonyl (C=O) groups excluding carboxylic acids is 1. The average molecular weight is 385 g/mol. The Labute approximate surface area is 159 Å². The highest BCUT2D eigenvalue weighted by atomic mass is 16.5. The minimum atomic E-state index is -1.43. The Morgan fingerprint density at radius 2 is 1.93 bits per heavy atom. The second-order valence-corrected chi connectivity index (χ2v) is 7.69. The summed E-state index contributed by atoms with van der Waals surface area (Å²) < 4.78 is 0.862. The van der Waals surface area contributed by atoms with E-state index in [1.807, 2.05) is 0 Å². The van der Waals surface area contributed by atoms with Gasteiger partial charge in [0.05, 0.1) is 37.8 Å². The third-order valence-electron chi connectivity index (χ3n) is 4.24. The second kappa shape index (κ2) is 9.95. The van der Waals surface area contributed by atoms with Gasteiger partial charge in [-0.3, -0.25) is 10.1 Å². The fourth-order valence-corrected chi connectivity index (χ4v) is 2.28. The molecule has 27 heavy (non-hydrogen) atoms. The maximum Gasteiger partial charge on any atom is 0.227 e. The van der Waals surface area contributed by atoms with Crippen molar-refractivity contribution < 1.29 is 30.0 Å².